The van der Waals surface area contributed by atoms with Crippen molar-refractivity contribution in [3.05, 3.63) is 34.5 Å². The van der Waals surface area contributed by atoms with Crippen molar-refractivity contribution >= 4 is 22.5 Å². The average molecular weight is 223 g/mol. The van der Waals surface area contributed by atoms with Crippen LogP contribution in [-0.2, 0) is 6.54 Å². The summed E-state index contributed by atoms with van der Waals surface area (Å²) < 4.78 is 0. The number of nitrogens with one attached hydrogen (secondary N) is 1. The van der Waals surface area contributed by atoms with E-state index in [0.29, 0.717) is 12.5 Å². The van der Waals surface area contributed by atoms with E-state index in [2.05, 4.69) is 31.0 Å². The van der Waals surface area contributed by atoms with Crippen LogP contribution in [0.2, 0.25) is 5.02 Å². The minimum atomic E-state index is 0.481. The van der Waals surface area contributed by atoms with Crippen molar-refractivity contribution in [1.82, 2.24) is 4.98 Å². The molecule has 1 heterocycles. The third-order valence-electron chi connectivity index (χ3n) is 2.62. The van der Waals surface area contributed by atoms with Crippen LogP contribution in [0, 0.1) is 0 Å². The van der Waals surface area contributed by atoms with Crippen molar-refractivity contribution in [2.45, 2.75) is 26.3 Å². The fraction of sp³-hybridized carbons (Fsp3) is 0.333. The lowest BCUT2D eigenvalue weighted by molar-refractivity contribution is 0.836. The van der Waals surface area contributed by atoms with Gasteiger partial charge < -0.3 is 10.7 Å². The predicted octanol–water partition coefficient (Wildman–Crippen LogP) is 3.40. The molecule has 0 spiro atoms. The summed E-state index contributed by atoms with van der Waals surface area (Å²) in [6.07, 6.45) is 0. The molecule has 0 saturated heterocycles. The Kier molecular flexibility index (Phi) is 2.72. The van der Waals surface area contributed by atoms with Crippen LogP contribution in [0.25, 0.3) is 10.9 Å². The van der Waals surface area contributed by atoms with Crippen molar-refractivity contribution in [3.8, 4) is 0 Å². The van der Waals surface area contributed by atoms with Crippen LogP contribution in [-0.4, -0.2) is 4.98 Å². The summed E-state index contributed by atoms with van der Waals surface area (Å²) in [5.74, 6) is 0.481. The highest BCUT2D eigenvalue weighted by atomic mass is 35.5. The van der Waals surface area contributed by atoms with Gasteiger partial charge >= 0.3 is 0 Å². The first-order valence-electron chi connectivity index (χ1n) is 5.13. The molecule has 0 bridgehead atoms. The number of benzene rings is 1. The second-order valence-corrected chi connectivity index (χ2v) is 4.53. The first-order valence-corrected chi connectivity index (χ1v) is 5.50. The molecule has 1 aromatic heterocycles. The maximum atomic E-state index is 6.17. The molecule has 2 aromatic rings. The van der Waals surface area contributed by atoms with Crippen LogP contribution in [0.3, 0.4) is 0 Å². The van der Waals surface area contributed by atoms with Gasteiger partial charge in [0.1, 0.15) is 0 Å². The number of aromatic amines is 1. The van der Waals surface area contributed by atoms with Crippen molar-refractivity contribution in [2.24, 2.45) is 5.73 Å². The molecule has 1 aromatic carbocycles. The number of halogens is 1. The Morgan fingerprint density at radius 3 is 2.67 bits per heavy atom. The van der Waals surface area contributed by atoms with Gasteiger partial charge in [-0.3, -0.25) is 0 Å². The molecular weight excluding hydrogens is 208 g/mol. The molecule has 0 atom stereocenters. The molecule has 0 radical (unpaired) electrons. The number of nitrogens with two attached hydrogens (primary N) is 1. The maximum Gasteiger partial charge on any atom is 0.0650 e. The van der Waals surface area contributed by atoms with Crippen LogP contribution < -0.4 is 5.73 Å². The SMILES string of the molecule is CC(C)c1cc2cc(CN)cc(Cl)c2[nH]1. The summed E-state index contributed by atoms with van der Waals surface area (Å²) in [5.41, 5.74) is 8.90. The average Bonchev–Trinajstić information content (AvgIpc) is 2.61. The van der Waals surface area contributed by atoms with E-state index in [-0.39, 0.29) is 0 Å². The van der Waals surface area contributed by atoms with Gasteiger partial charge in [0.15, 0.2) is 0 Å². The van der Waals surface area contributed by atoms with Gasteiger partial charge in [0.05, 0.1) is 10.5 Å². The summed E-state index contributed by atoms with van der Waals surface area (Å²) in [6, 6.07) is 6.15. The van der Waals surface area contributed by atoms with Crippen LogP contribution in [0.4, 0.5) is 0 Å². The second-order valence-electron chi connectivity index (χ2n) is 4.13. The lowest BCUT2D eigenvalue weighted by atomic mass is 10.1. The van der Waals surface area contributed by atoms with Gasteiger partial charge in [0, 0.05) is 17.6 Å². The highest BCUT2D eigenvalue weighted by Gasteiger charge is 2.08. The van der Waals surface area contributed by atoms with E-state index >= 15 is 0 Å². The molecular formula is C12H15ClN2. The Morgan fingerprint density at radius 2 is 2.07 bits per heavy atom. The smallest absolute Gasteiger partial charge is 0.0650 e. The Labute approximate surface area is 94.4 Å². The second kappa shape index (κ2) is 3.87. The number of hydrogen-bond acceptors (Lipinski definition) is 1. The number of fused-ring (bicyclic) bond motifs is 1. The quantitative estimate of drug-likeness (QED) is 0.804. The van der Waals surface area contributed by atoms with Gasteiger partial charge in [0.25, 0.3) is 0 Å². The van der Waals surface area contributed by atoms with Crippen molar-refractivity contribution in [1.29, 1.82) is 0 Å². The lowest BCUT2D eigenvalue weighted by Gasteiger charge is -1.99. The Morgan fingerprint density at radius 1 is 1.33 bits per heavy atom. The maximum absolute atomic E-state index is 6.17. The first-order chi connectivity index (χ1) is 7.11. The monoisotopic (exact) mass is 222 g/mol. The molecule has 3 N–H and O–H groups in total. The van der Waals surface area contributed by atoms with Crippen LogP contribution >= 0.6 is 11.6 Å². The highest BCUT2D eigenvalue weighted by Crippen LogP contribution is 2.28. The Hall–Kier alpha value is -0.990. The molecule has 3 heteroatoms. The molecule has 0 aliphatic heterocycles. The fourth-order valence-corrected chi connectivity index (χ4v) is 2.01. The normalized spacial score (nSPS) is 11.5. The number of hydrogen-bond donors (Lipinski definition) is 2. The van der Waals surface area contributed by atoms with Crippen molar-refractivity contribution in [3.63, 3.8) is 0 Å². The molecule has 0 saturated carbocycles. The van der Waals surface area contributed by atoms with Crippen LogP contribution in [0.15, 0.2) is 18.2 Å². The van der Waals surface area contributed by atoms with Gasteiger partial charge in [-0.15, -0.1) is 0 Å². The summed E-state index contributed by atoms with van der Waals surface area (Å²) in [4.78, 5) is 3.34. The number of H-pyrrole nitrogens is 1. The molecule has 15 heavy (non-hydrogen) atoms. The van der Waals surface area contributed by atoms with Gasteiger partial charge in [0.2, 0.25) is 0 Å². The topological polar surface area (TPSA) is 41.8 Å². The molecule has 0 fully saturated rings. The summed E-state index contributed by atoms with van der Waals surface area (Å²) >= 11 is 6.17. The highest BCUT2D eigenvalue weighted by molar-refractivity contribution is 6.35. The summed E-state index contributed by atoms with van der Waals surface area (Å²) in [6.45, 7) is 4.84. The lowest BCUT2D eigenvalue weighted by Crippen LogP contribution is -1.95. The van der Waals surface area contributed by atoms with E-state index in [4.69, 9.17) is 17.3 Å². The Balaban J connectivity index is 2.64. The largest absolute Gasteiger partial charge is 0.357 e. The molecule has 0 aliphatic rings. The van der Waals surface area contributed by atoms with Gasteiger partial charge in [-0.05, 0) is 29.7 Å². The number of aromatic nitrogens is 1. The molecule has 2 rings (SSSR count). The van der Waals surface area contributed by atoms with Crippen molar-refractivity contribution < 1.29 is 0 Å². The molecule has 0 aliphatic carbocycles. The minimum Gasteiger partial charge on any atom is -0.357 e. The standard InChI is InChI=1S/C12H15ClN2/c1-7(2)11-5-9-3-8(6-14)4-10(13)12(9)15-11/h3-5,7,15H,6,14H2,1-2H3. The third kappa shape index (κ3) is 1.87. The Bertz CT molecular complexity index is 486. The van der Waals surface area contributed by atoms with E-state index < -0.39 is 0 Å². The zero-order valence-electron chi connectivity index (χ0n) is 8.97. The van der Waals surface area contributed by atoms with Gasteiger partial charge in [-0.25, -0.2) is 0 Å². The molecule has 2 nitrogen and oxygen atoms in total. The zero-order chi connectivity index (χ0) is 11.0. The van der Waals surface area contributed by atoms with E-state index in [9.17, 15) is 0 Å². The zero-order valence-corrected chi connectivity index (χ0v) is 9.73. The fourth-order valence-electron chi connectivity index (χ4n) is 1.71. The summed E-state index contributed by atoms with van der Waals surface area (Å²) in [7, 11) is 0. The van der Waals surface area contributed by atoms with Gasteiger partial charge in [-0.1, -0.05) is 25.4 Å². The summed E-state index contributed by atoms with van der Waals surface area (Å²) in [5, 5.41) is 1.89. The minimum absolute atomic E-state index is 0.481. The van der Waals surface area contributed by atoms with Gasteiger partial charge in [-0.2, -0.15) is 0 Å². The number of rotatable bonds is 2. The van der Waals surface area contributed by atoms with Crippen LogP contribution in [0.1, 0.15) is 31.0 Å². The molecule has 80 valence electrons. The van der Waals surface area contributed by atoms with E-state index in [1.165, 1.54) is 5.69 Å². The predicted molar refractivity (Wildman–Crippen MR) is 65.3 cm³/mol. The molecule has 0 unspecified atom stereocenters. The third-order valence-corrected chi connectivity index (χ3v) is 2.92. The van der Waals surface area contributed by atoms with E-state index in [1.807, 2.05) is 6.07 Å². The van der Waals surface area contributed by atoms with E-state index in [0.717, 1.165) is 21.5 Å². The van der Waals surface area contributed by atoms with Crippen molar-refractivity contribution in [2.75, 3.05) is 0 Å². The van der Waals surface area contributed by atoms with E-state index in [1.54, 1.807) is 0 Å². The van der Waals surface area contributed by atoms with Crippen LogP contribution in [0.5, 0.6) is 0 Å². The molecule has 0 amide bonds. The first kappa shape index (κ1) is 10.5.